The van der Waals surface area contributed by atoms with Crippen LogP contribution in [0.2, 0.25) is 0 Å². The lowest BCUT2D eigenvalue weighted by Gasteiger charge is -2.57. The van der Waals surface area contributed by atoms with E-state index in [2.05, 4.69) is 12.0 Å². The Balaban J connectivity index is 1.29. The van der Waals surface area contributed by atoms with Gasteiger partial charge in [-0.1, -0.05) is 19.8 Å². The van der Waals surface area contributed by atoms with Crippen molar-refractivity contribution in [1.82, 2.24) is 9.78 Å². The minimum absolute atomic E-state index is 0.0537. The predicted octanol–water partition coefficient (Wildman–Crippen LogP) is 4.92. The number of aliphatic hydroxyl groups is 1. The quantitative estimate of drug-likeness (QED) is 0.637. The van der Waals surface area contributed by atoms with Gasteiger partial charge in [-0.15, -0.1) is 0 Å². The second-order valence-corrected chi connectivity index (χ2v) is 11.6. The van der Waals surface area contributed by atoms with Gasteiger partial charge in [-0.25, -0.2) is 0 Å². The predicted molar refractivity (Wildman–Crippen MR) is 123 cm³/mol. The van der Waals surface area contributed by atoms with Crippen molar-refractivity contribution < 1.29 is 14.7 Å². The Hall–Kier alpha value is -1.49. The van der Waals surface area contributed by atoms with E-state index >= 15 is 0 Å². The highest BCUT2D eigenvalue weighted by Gasteiger charge is 2.58. The lowest BCUT2D eigenvalue weighted by Crippen LogP contribution is -2.50. The van der Waals surface area contributed by atoms with Gasteiger partial charge in [0.1, 0.15) is 5.69 Å². The summed E-state index contributed by atoms with van der Waals surface area (Å²) in [6.07, 6.45) is 14.2. The summed E-state index contributed by atoms with van der Waals surface area (Å²) in [4.78, 5) is 24.9. The van der Waals surface area contributed by atoms with E-state index in [4.69, 9.17) is 0 Å². The molecule has 4 aliphatic rings. The van der Waals surface area contributed by atoms with Crippen LogP contribution in [0.4, 0.5) is 0 Å². The van der Waals surface area contributed by atoms with Gasteiger partial charge in [-0.3, -0.25) is 14.3 Å². The first kappa shape index (κ1) is 22.3. The second kappa shape index (κ2) is 8.70. The van der Waals surface area contributed by atoms with Gasteiger partial charge in [-0.05, 0) is 98.4 Å². The Kier molecular flexibility index (Phi) is 6.06. The molecule has 0 aromatic carbocycles. The third-order valence-corrected chi connectivity index (χ3v) is 10.4. The van der Waals surface area contributed by atoms with Gasteiger partial charge in [-0.2, -0.15) is 5.10 Å². The minimum Gasteiger partial charge on any atom is -0.396 e. The molecule has 0 aliphatic heterocycles. The van der Waals surface area contributed by atoms with E-state index in [0.29, 0.717) is 30.5 Å². The Morgan fingerprint density at radius 2 is 1.84 bits per heavy atom. The first-order valence-electron chi connectivity index (χ1n) is 13.1. The van der Waals surface area contributed by atoms with Crippen LogP contribution in [0.3, 0.4) is 0 Å². The van der Waals surface area contributed by atoms with Crippen molar-refractivity contribution in [2.24, 2.45) is 46.8 Å². The molecule has 1 aromatic rings. The van der Waals surface area contributed by atoms with Gasteiger partial charge >= 0.3 is 0 Å². The fourth-order valence-corrected chi connectivity index (χ4v) is 8.98. The highest BCUT2D eigenvalue weighted by Crippen LogP contribution is 2.64. The average Bonchev–Trinajstić information content (AvgIpc) is 3.38. The zero-order valence-electron chi connectivity index (χ0n) is 19.8. The molecule has 4 saturated carbocycles. The number of carbonyl (C=O) groups excluding carboxylic acids is 2. The molecule has 32 heavy (non-hydrogen) atoms. The Morgan fingerprint density at radius 3 is 2.59 bits per heavy atom. The van der Waals surface area contributed by atoms with Gasteiger partial charge in [0, 0.05) is 25.6 Å². The molecule has 0 radical (unpaired) electrons. The number of nitrogens with zero attached hydrogens (tertiary/aromatic N) is 2. The molecule has 1 heterocycles. The van der Waals surface area contributed by atoms with Gasteiger partial charge < -0.3 is 5.11 Å². The van der Waals surface area contributed by atoms with E-state index in [1.807, 2.05) is 0 Å². The summed E-state index contributed by atoms with van der Waals surface area (Å²) in [5, 5.41) is 13.9. The van der Waals surface area contributed by atoms with Crippen LogP contribution in [0.1, 0.15) is 88.5 Å². The van der Waals surface area contributed by atoms with Crippen molar-refractivity contribution in [3.05, 3.63) is 18.0 Å². The van der Waals surface area contributed by atoms with Crippen LogP contribution in [0.25, 0.3) is 0 Å². The molecule has 4 fully saturated rings. The molecular formula is C27H40N2O3. The number of fused-ring (bicyclic) bond motifs is 5. The van der Waals surface area contributed by atoms with E-state index in [-0.39, 0.29) is 17.1 Å². The van der Waals surface area contributed by atoms with Crippen LogP contribution in [0, 0.1) is 46.8 Å². The van der Waals surface area contributed by atoms with E-state index in [1.54, 1.807) is 16.9 Å². The van der Waals surface area contributed by atoms with Crippen LogP contribution in [0.5, 0.6) is 0 Å². The van der Waals surface area contributed by atoms with E-state index < -0.39 is 0 Å². The fourth-order valence-electron chi connectivity index (χ4n) is 8.98. The van der Waals surface area contributed by atoms with Crippen LogP contribution >= 0.6 is 0 Å². The van der Waals surface area contributed by atoms with Gasteiger partial charge in [0.2, 0.25) is 0 Å². The summed E-state index contributed by atoms with van der Waals surface area (Å²) >= 11 is 0. The van der Waals surface area contributed by atoms with E-state index in [9.17, 15) is 14.7 Å². The van der Waals surface area contributed by atoms with Crippen molar-refractivity contribution in [3.8, 4) is 0 Å². The number of carbonyl (C=O) groups is 2. The average molecular weight is 441 g/mol. The fraction of sp³-hybridized carbons (Fsp3) is 0.815. The summed E-state index contributed by atoms with van der Waals surface area (Å²) in [7, 11) is 0. The first-order valence-corrected chi connectivity index (χ1v) is 13.1. The number of aromatic nitrogens is 2. The number of hydrogen-bond donors (Lipinski definition) is 1. The first-order chi connectivity index (χ1) is 15.4. The number of rotatable bonds is 6. The monoisotopic (exact) mass is 440 g/mol. The second-order valence-electron chi connectivity index (χ2n) is 11.6. The minimum atomic E-state index is -0.0537. The maximum Gasteiger partial charge on any atom is 0.179 e. The van der Waals surface area contributed by atoms with Gasteiger partial charge in [0.15, 0.2) is 11.6 Å². The van der Waals surface area contributed by atoms with Crippen LogP contribution in [0.15, 0.2) is 12.3 Å². The van der Waals surface area contributed by atoms with Crippen LogP contribution in [-0.4, -0.2) is 33.1 Å². The van der Waals surface area contributed by atoms with Crippen LogP contribution in [-0.2, 0) is 11.3 Å². The van der Waals surface area contributed by atoms with Gasteiger partial charge in [0.25, 0.3) is 0 Å². The highest BCUT2D eigenvalue weighted by molar-refractivity contribution is 5.92. The maximum atomic E-state index is 13.4. The zero-order valence-corrected chi connectivity index (χ0v) is 19.8. The Bertz CT molecular complexity index is 861. The van der Waals surface area contributed by atoms with Crippen molar-refractivity contribution in [3.63, 3.8) is 0 Å². The van der Waals surface area contributed by atoms with E-state index in [1.165, 1.54) is 58.3 Å². The third-order valence-electron chi connectivity index (χ3n) is 10.4. The Morgan fingerprint density at radius 1 is 1.06 bits per heavy atom. The van der Waals surface area contributed by atoms with Gasteiger partial charge in [0.05, 0.1) is 6.54 Å². The summed E-state index contributed by atoms with van der Waals surface area (Å²) in [5.74, 6) is 5.11. The van der Waals surface area contributed by atoms with Crippen molar-refractivity contribution in [1.29, 1.82) is 0 Å². The molecule has 1 aromatic heterocycles. The number of Topliss-reactive ketones (excluding diaryl/α,β-unsaturated/α-hetero) is 2. The molecule has 5 heteroatoms. The summed E-state index contributed by atoms with van der Waals surface area (Å²) in [5.41, 5.74) is 0.568. The molecule has 0 bridgehead atoms. The SMILES string of the molecule is CC(=O)c1ccn(CC(=O)[C@H]2CC[C@H]3[C@@H]4CC[C@H]5C(CCO)CCC[C@@H]5[C@H]4CC[C@]23C)n1. The molecule has 1 N–H and O–H groups in total. The molecule has 4 aliphatic carbocycles. The summed E-state index contributed by atoms with van der Waals surface area (Å²) in [6, 6.07) is 1.71. The molecule has 1 unspecified atom stereocenters. The molecule has 0 spiro atoms. The topological polar surface area (TPSA) is 72.2 Å². The maximum absolute atomic E-state index is 13.4. The summed E-state index contributed by atoms with van der Waals surface area (Å²) in [6.45, 7) is 4.57. The van der Waals surface area contributed by atoms with Crippen LogP contribution < -0.4 is 0 Å². The van der Waals surface area contributed by atoms with Crippen molar-refractivity contribution in [2.75, 3.05) is 6.61 Å². The number of aliphatic hydroxyl groups excluding tert-OH is 1. The molecule has 8 atom stereocenters. The molecule has 0 saturated heterocycles. The largest absolute Gasteiger partial charge is 0.396 e. The van der Waals surface area contributed by atoms with Crippen molar-refractivity contribution >= 4 is 11.6 Å². The standard InChI is InChI=1S/C27H40N2O3/c1-17(31)25-11-14-29(28-25)16-26(32)24-9-8-23-22-7-6-19-18(12-15-30)4-3-5-20(19)21(22)10-13-27(23,24)2/h11,14,18-24,30H,3-10,12-13,15-16H2,1-2H3/t18?,19-,20-,21+,22+,23-,24+,27-/m0/s1. The normalized spacial score (nSPS) is 40.9. The molecule has 0 amide bonds. The smallest absolute Gasteiger partial charge is 0.179 e. The molecule has 5 rings (SSSR count). The Labute approximate surface area is 192 Å². The summed E-state index contributed by atoms with van der Waals surface area (Å²) < 4.78 is 1.66. The number of ketones is 2. The molecule has 176 valence electrons. The lowest BCUT2D eigenvalue weighted by atomic mass is 9.48. The number of hydrogen-bond acceptors (Lipinski definition) is 4. The zero-order chi connectivity index (χ0) is 22.5. The highest BCUT2D eigenvalue weighted by atomic mass is 16.3. The van der Waals surface area contributed by atoms with Crippen molar-refractivity contribution in [2.45, 2.75) is 84.6 Å². The molecular weight excluding hydrogens is 400 g/mol. The van der Waals surface area contributed by atoms with E-state index in [0.717, 1.165) is 42.4 Å². The lowest BCUT2D eigenvalue weighted by molar-refractivity contribution is -0.131. The third kappa shape index (κ3) is 3.69. The molecule has 5 nitrogen and oxygen atoms in total.